The third-order valence-electron chi connectivity index (χ3n) is 2.99. The number of amides is 2. The van der Waals surface area contributed by atoms with E-state index in [1.807, 2.05) is 18.7 Å². The lowest BCUT2D eigenvalue weighted by atomic mass is 10.1. The van der Waals surface area contributed by atoms with Crippen LogP contribution in [0.4, 0.5) is 10.5 Å². The molecule has 0 atom stereocenters. The van der Waals surface area contributed by atoms with Crippen LogP contribution in [-0.4, -0.2) is 29.3 Å². The highest BCUT2D eigenvalue weighted by Gasteiger charge is 2.18. The molecule has 0 spiro atoms. The van der Waals surface area contributed by atoms with E-state index in [0.29, 0.717) is 17.2 Å². The number of carbonyl (C=O) groups is 2. The molecule has 0 aromatic heterocycles. The fourth-order valence-corrected chi connectivity index (χ4v) is 1.91. The molecular formula is C16H24N2O2. The molecule has 4 nitrogen and oxygen atoms in total. The van der Waals surface area contributed by atoms with Gasteiger partial charge in [0.2, 0.25) is 0 Å². The number of ketones is 1. The second kappa shape index (κ2) is 7.08. The van der Waals surface area contributed by atoms with E-state index < -0.39 is 0 Å². The Labute approximate surface area is 121 Å². The minimum Gasteiger partial charge on any atom is -0.322 e. The van der Waals surface area contributed by atoms with Gasteiger partial charge in [-0.1, -0.05) is 13.8 Å². The van der Waals surface area contributed by atoms with E-state index in [1.54, 1.807) is 24.3 Å². The zero-order valence-electron chi connectivity index (χ0n) is 12.9. The van der Waals surface area contributed by atoms with Gasteiger partial charge in [0.25, 0.3) is 0 Å². The third-order valence-corrected chi connectivity index (χ3v) is 2.99. The van der Waals surface area contributed by atoms with Crippen LogP contribution >= 0.6 is 0 Å². The lowest BCUT2D eigenvalue weighted by Gasteiger charge is -2.28. The third kappa shape index (κ3) is 4.68. The monoisotopic (exact) mass is 276 g/mol. The summed E-state index contributed by atoms with van der Waals surface area (Å²) < 4.78 is 0. The van der Waals surface area contributed by atoms with E-state index in [2.05, 4.69) is 19.2 Å². The molecule has 2 amide bonds. The van der Waals surface area contributed by atoms with Gasteiger partial charge in [-0.2, -0.15) is 0 Å². The fraction of sp³-hybridized carbons (Fsp3) is 0.500. The molecule has 1 aromatic carbocycles. The molecule has 0 aliphatic rings. The topological polar surface area (TPSA) is 49.4 Å². The summed E-state index contributed by atoms with van der Waals surface area (Å²) in [5.41, 5.74) is 1.35. The van der Waals surface area contributed by atoms with Gasteiger partial charge in [-0.25, -0.2) is 4.79 Å². The van der Waals surface area contributed by atoms with E-state index >= 15 is 0 Å². The summed E-state index contributed by atoms with van der Waals surface area (Å²) in [6, 6.07) is 6.99. The van der Waals surface area contributed by atoms with Crippen molar-refractivity contribution in [3.63, 3.8) is 0 Å². The molecule has 1 aromatic rings. The van der Waals surface area contributed by atoms with E-state index in [1.165, 1.54) is 6.92 Å². The average molecular weight is 276 g/mol. The van der Waals surface area contributed by atoms with Gasteiger partial charge in [-0.15, -0.1) is 0 Å². The largest absolute Gasteiger partial charge is 0.322 e. The molecule has 0 aliphatic carbocycles. The minimum atomic E-state index is -0.107. The minimum absolute atomic E-state index is 0.0199. The van der Waals surface area contributed by atoms with Crippen LogP contribution < -0.4 is 5.32 Å². The number of carbonyl (C=O) groups excluding carboxylic acids is 2. The number of nitrogens with zero attached hydrogens (tertiary/aromatic N) is 1. The maximum absolute atomic E-state index is 12.3. The molecule has 0 aliphatic heterocycles. The van der Waals surface area contributed by atoms with Gasteiger partial charge in [0.1, 0.15) is 0 Å². The molecule has 1 rings (SSSR count). The number of hydrogen-bond acceptors (Lipinski definition) is 2. The molecular weight excluding hydrogens is 252 g/mol. The van der Waals surface area contributed by atoms with Crippen molar-refractivity contribution in [1.29, 1.82) is 0 Å². The summed E-state index contributed by atoms with van der Waals surface area (Å²) in [4.78, 5) is 25.3. The van der Waals surface area contributed by atoms with E-state index in [-0.39, 0.29) is 17.9 Å². The number of Topliss-reactive ketones (excluding diaryl/α,β-unsaturated/α-hetero) is 1. The number of benzene rings is 1. The van der Waals surface area contributed by atoms with Crippen LogP contribution in [0.25, 0.3) is 0 Å². The molecule has 1 N–H and O–H groups in total. The number of anilines is 1. The van der Waals surface area contributed by atoms with Crippen molar-refractivity contribution in [2.24, 2.45) is 5.92 Å². The Bertz CT molecular complexity index is 464. The predicted molar refractivity (Wildman–Crippen MR) is 82.1 cm³/mol. The molecule has 0 unspecified atom stereocenters. The van der Waals surface area contributed by atoms with Gasteiger partial charge in [0, 0.05) is 23.8 Å². The Hall–Kier alpha value is -1.84. The highest BCUT2D eigenvalue weighted by atomic mass is 16.2. The first-order chi connectivity index (χ1) is 9.31. The molecule has 0 saturated carbocycles. The van der Waals surface area contributed by atoms with Crippen molar-refractivity contribution >= 4 is 17.5 Å². The summed E-state index contributed by atoms with van der Waals surface area (Å²) >= 11 is 0. The first kappa shape index (κ1) is 16.2. The smallest absolute Gasteiger partial charge is 0.322 e. The summed E-state index contributed by atoms with van der Waals surface area (Å²) in [7, 11) is 0. The molecule has 110 valence electrons. The number of urea groups is 1. The highest BCUT2D eigenvalue weighted by molar-refractivity contribution is 5.95. The molecule has 0 radical (unpaired) electrons. The summed E-state index contributed by atoms with van der Waals surface area (Å²) in [5.74, 6) is 0.440. The van der Waals surface area contributed by atoms with Crippen LogP contribution in [0.2, 0.25) is 0 Å². The molecule has 0 fully saturated rings. The Balaban J connectivity index is 2.75. The van der Waals surface area contributed by atoms with Gasteiger partial charge in [0.15, 0.2) is 5.78 Å². The predicted octanol–water partition coefficient (Wildman–Crippen LogP) is 3.79. The summed E-state index contributed by atoms with van der Waals surface area (Å²) in [6.07, 6.45) is 0. The molecule has 20 heavy (non-hydrogen) atoms. The lowest BCUT2D eigenvalue weighted by molar-refractivity contribution is 0.101. The first-order valence-corrected chi connectivity index (χ1v) is 7.00. The lowest BCUT2D eigenvalue weighted by Crippen LogP contribution is -2.42. The van der Waals surface area contributed by atoms with Crippen molar-refractivity contribution in [3.05, 3.63) is 29.8 Å². The Kier molecular flexibility index (Phi) is 5.74. The van der Waals surface area contributed by atoms with Crippen LogP contribution in [0.3, 0.4) is 0 Å². The first-order valence-electron chi connectivity index (χ1n) is 7.00. The number of hydrogen-bond donors (Lipinski definition) is 1. The average Bonchev–Trinajstić information content (AvgIpc) is 2.35. The van der Waals surface area contributed by atoms with Gasteiger partial charge in [-0.3, -0.25) is 4.79 Å². The highest BCUT2D eigenvalue weighted by Crippen LogP contribution is 2.13. The Morgan fingerprint density at radius 1 is 1.10 bits per heavy atom. The van der Waals surface area contributed by atoms with E-state index in [0.717, 1.165) is 6.54 Å². The zero-order valence-corrected chi connectivity index (χ0v) is 12.9. The van der Waals surface area contributed by atoms with Crippen molar-refractivity contribution in [1.82, 2.24) is 4.90 Å². The second-order valence-electron chi connectivity index (χ2n) is 5.70. The molecule has 0 bridgehead atoms. The summed E-state index contributed by atoms with van der Waals surface area (Å²) in [6.45, 7) is 10.4. The van der Waals surface area contributed by atoms with Crippen LogP contribution in [0.1, 0.15) is 45.0 Å². The number of nitrogens with one attached hydrogen (secondary N) is 1. The van der Waals surface area contributed by atoms with Crippen molar-refractivity contribution in [2.75, 3.05) is 11.9 Å². The SMILES string of the molecule is CC(=O)c1ccc(NC(=O)N(CC(C)C)C(C)C)cc1. The molecule has 4 heteroatoms. The van der Waals surface area contributed by atoms with Crippen molar-refractivity contribution in [3.8, 4) is 0 Å². The molecule has 0 saturated heterocycles. The zero-order chi connectivity index (χ0) is 15.3. The van der Waals surface area contributed by atoms with Gasteiger partial charge in [-0.05, 0) is 51.0 Å². The van der Waals surface area contributed by atoms with Gasteiger partial charge < -0.3 is 10.2 Å². The van der Waals surface area contributed by atoms with E-state index in [9.17, 15) is 9.59 Å². The van der Waals surface area contributed by atoms with Crippen LogP contribution in [0.15, 0.2) is 24.3 Å². The standard InChI is InChI=1S/C16H24N2O2/c1-11(2)10-18(12(3)4)16(20)17-15-8-6-14(7-9-15)13(5)19/h6-9,11-12H,10H2,1-5H3,(H,17,20). The Morgan fingerprint density at radius 2 is 1.65 bits per heavy atom. The number of rotatable bonds is 5. The van der Waals surface area contributed by atoms with Crippen LogP contribution in [0.5, 0.6) is 0 Å². The molecule has 0 heterocycles. The van der Waals surface area contributed by atoms with Crippen molar-refractivity contribution in [2.45, 2.75) is 40.7 Å². The van der Waals surface area contributed by atoms with Gasteiger partial charge in [0.05, 0.1) is 0 Å². The fourth-order valence-electron chi connectivity index (χ4n) is 1.91. The maximum atomic E-state index is 12.3. The quantitative estimate of drug-likeness (QED) is 0.832. The van der Waals surface area contributed by atoms with Crippen LogP contribution in [-0.2, 0) is 0 Å². The maximum Gasteiger partial charge on any atom is 0.322 e. The second-order valence-corrected chi connectivity index (χ2v) is 5.70. The van der Waals surface area contributed by atoms with Crippen molar-refractivity contribution < 1.29 is 9.59 Å². The Morgan fingerprint density at radius 3 is 2.05 bits per heavy atom. The van der Waals surface area contributed by atoms with E-state index in [4.69, 9.17) is 0 Å². The normalized spacial score (nSPS) is 10.8. The van der Waals surface area contributed by atoms with Gasteiger partial charge >= 0.3 is 6.03 Å². The summed E-state index contributed by atoms with van der Waals surface area (Å²) in [5, 5.41) is 2.87. The van der Waals surface area contributed by atoms with Crippen LogP contribution in [0, 0.1) is 5.92 Å².